The van der Waals surface area contributed by atoms with E-state index in [0.29, 0.717) is 6.04 Å². The van der Waals surface area contributed by atoms with Gasteiger partial charge >= 0.3 is 6.03 Å². The van der Waals surface area contributed by atoms with Crippen LogP contribution >= 0.6 is 0 Å². The summed E-state index contributed by atoms with van der Waals surface area (Å²) in [7, 11) is 0. The number of rotatable bonds is 2. The maximum atomic E-state index is 11.7. The number of piperazine rings is 1. The van der Waals surface area contributed by atoms with E-state index in [1.54, 1.807) is 0 Å². The highest BCUT2D eigenvalue weighted by Crippen LogP contribution is 1.99. The molecule has 0 aromatic carbocycles. The molecular weight excluding hydrogens is 232 g/mol. The number of hydrogen-bond donors (Lipinski definition) is 3. The van der Waals surface area contributed by atoms with Crippen LogP contribution in [0.4, 0.5) is 4.79 Å². The molecule has 6 nitrogen and oxygen atoms in total. The average Bonchev–Trinajstić information content (AvgIpc) is 2.13. The average molecular weight is 256 g/mol. The summed E-state index contributed by atoms with van der Waals surface area (Å²) in [6.45, 7) is 10.5. The van der Waals surface area contributed by atoms with Gasteiger partial charge in [-0.15, -0.1) is 0 Å². The van der Waals surface area contributed by atoms with Crippen LogP contribution in [0.3, 0.4) is 0 Å². The van der Waals surface area contributed by atoms with Crippen LogP contribution in [0.1, 0.15) is 27.7 Å². The molecule has 0 aromatic heterocycles. The molecule has 3 amide bonds. The number of imide groups is 1. The quantitative estimate of drug-likeness (QED) is 0.645. The number of amides is 3. The third kappa shape index (κ3) is 5.97. The molecule has 6 heteroatoms. The molecule has 0 aromatic rings. The second-order valence-electron chi connectivity index (χ2n) is 5.84. The molecule has 1 aliphatic heterocycles. The summed E-state index contributed by atoms with van der Waals surface area (Å²) in [5.41, 5.74) is -0.339. The van der Waals surface area contributed by atoms with Gasteiger partial charge in [-0.1, -0.05) is 0 Å². The fourth-order valence-electron chi connectivity index (χ4n) is 1.90. The van der Waals surface area contributed by atoms with E-state index in [9.17, 15) is 9.59 Å². The van der Waals surface area contributed by atoms with Crippen molar-refractivity contribution < 1.29 is 9.59 Å². The second-order valence-corrected chi connectivity index (χ2v) is 5.84. The molecule has 0 spiro atoms. The summed E-state index contributed by atoms with van der Waals surface area (Å²) < 4.78 is 0. The molecule has 1 aliphatic rings. The molecule has 104 valence electrons. The SMILES string of the molecule is C[C@@H]1CN(CC(=O)NC(=O)NC(C)(C)C)CCN1. The lowest BCUT2D eigenvalue weighted by Crippen LogP contribution is -2.54. The predicted octanol–water partition coefficient (Wildman–Crippen LogP) is -0.0956. The van der Waals surface area contributed by atoms with Gasteiger partial charge in [-0.2, -0.15) is 0 Å². The second kappa shape index (κ2) is 6.15. The molecular formula is C12H24N4O2. The van der Waals surface area contributed by atoms with Crippen molar-refractivity contribution in [3.8, 4) is 0 Å². The first kappa shape index (κ1) is 14.9. The van der Waals surface area contributed by atoms with Crippen LogP contribution < -0.4 is 16.0 Å². The summed E-state index contributed by atoms with van der Waals surface area (Å²) >= 11 is 0. The zero-order valence-corrected chi connectivity index (χ0v) is 11.7. The van der Waals surface area contributed by atoms with Crippen LogP contribution in [-0.2, 0) is 4.79 Å². The maximum absolute atomic E-state index is 11.7. The highest BCUT2D eigenvalue weighted by atomic mass is 16.2. The van der Waals surface area contributed by atoms with E-state index in [1.165, 1.54) is 0 Å². The first-order valence-electron chi connectivity index (χ1n) is 6.34. The van der Waals surface area contributed by atoms with E-state index in [1.807, 2.05) is 25.7 Å². The highest BCUT2D eigenvalue weighted by molar-refractivity contribution is 5.95. The normalized spacial score (nSPS) is 21.4. The Balaban J connectivity index is 2.30. The van der Waals surface area contributed by atoms with Gasteiger partial charge in [-0.3, -0.25) is 15.0 Å². The van der Waals surface area contributed by atoms with Crippen LogP contribution in [0.5, 0.6) is 0 Å². The standard InChI is InChI=1S/C12H24N4O2/c1-9-7-16(6-5-13-9)8-10(17)14-11(18)15-12(2,3)4/h9,13H,5-8H2,1-4H3,(H2,14,15,17,18)/t9-/m1/s1. The fourth-order valence-corrected chi connectivity index (χ4v) is 1.90. The number of nitrogens with zero attached hydrogens (tertiary/aromatic N) is 1. The van der Waals surface area contributed by atoms with Gasteiger partial charge in [0.1, 0.15) is 0 Å². The maximum Gasteiger partial charge on any atom is 0.321 e. The fraction of sp³-hybridized carbons (Fsp3) is 0.833. The Kier molecular flexibility index (Phi) is 5.10. The Labute approximate surface area is 108 Å². The van der Waals surface area contributed by atoms with Crippen molar-refractivity contribution in [3.05, 3.63) is 0 Å². The highest BCUT2D eigenvalue weighted by Gasteiger charge is 2.20. The molecule has 0 bridgehead atoms. The van der Waals surface area contributed by atoms with Gasteiger partial charge in [0.2, 0.25) is 5.91 Å². The van der Waals surface area contributed by atoms with Gasteiger partial charge in [-0.25, -0.2) is 4.79 Å². The minimum Gasteiger partial charge on any atom is -0.333 e. The van der Waals surface area contributed by atoms with E-state index >= 15 is 0 Å². The predicted molar refractivity (Wildman–Crippen MR) is 70.3 cm³/mol. The molecule has 0 radical (unpaired) electrons. The third-order valence-electron chi connectivity index (χ3n) is 2.56. The van der Waals surface area contributed by atoms with Gasteiger partial charge in [0.25, 0.3) is 0 Å². The van der Waals surface area contributed by atoms with Crippen LogP contribution in [-0.4, -0.2) is 54.6 Å². The zero-order chi connectivity index (χ0) is 13.8. The Hall–Kier alpha value is -1.14. The molecule has 1 atom stereocenters. The number of hydrogen-bond acceptors (Lipinski definition) is 4. The molecule has 1 saturated heterocycles. The largest absolute Gasteiger partial charge is 0.333 e. The minimum absolute atomic E-state index is 0.258. The van der Waals surface area contributed by atoms with Gasteiger partial charge in [0.05, 0.1) is 6.54 Å². The monoisotopic (exact) mass is 256 g/mol. The Morgan fingerprint density at radius 2 is 2.06 bits per heavy atom. The number of carbonyl (C=O) groups is 2. The topological polar surface area (TPSA) is 73.5 Å². The zero-order valence-electron chi connectivity index (χ0n) is 11.7. The lowest BCUT2D eigenvalue weighted by atomic mass is 10.1. The lowest BCUT2D eigenvalue weighted by molar-refractivity contribution is -0.121. The minimum atomic E-state index is -0.435. The third-order valence-corrected chi connectivity index (χ3v) is 2.56. The van der Waals surface area contributed by atoms with Crippen molar-refractivity contribution in [2.45, 2.75) is 39.3 Å². The van der Waals surface area contributed by atoms with Crippen LogP contribution in [0.15, 0.2) is 0 Å². The molecule has 0 aliphatic carbocycles. The lowest BCUT2D eigenvalue weighted by Gasteiger charge is -2.31. The number of urea groups is 1. The van der Waals surface area contributed by atoms with Crippen molar-refractivity contribution >= 4 is 11.9 Å². The summed E-state index contributed by atoms with van der Waals surface area (Å²) in [5, 5.41) is 8.35. The Morgan fingerprint density at radius 1 is 1.39 bits per heavy atom. The van der Waals surface area contributed by atoms with E-state index in [0.717, 1.165) is 19.6 Å². The van der Waals surface area contributed by atoms with E-state index < -0.39 is 6.03 Å². The van der Waals surface area contributed by atoms with Gasteiger partial charge in [0.15, 0.2) is 0 Å². The summed E-state index contributed by atoms with van der Waals surface area (Å²) in [5.74, 6) is -0.258. The van der Waals surface area contributed by atoms with E-state index in [-0.39, 0.29) is 18.0 Å². The first-order valence-corrected chi connectivity index (χ1v) is 6.34. The molecule has 1 fully saturated rings. The number of nitrogens with one attached hydrogen (secondary N) is 3. The van der Waals surface area contributed by atoms with Gasteiger partial charge in [0, 0.05) is 31.2 Å². The molecule has 1 rings (SSSR count). The van der Waals surface area contributed by atoms with Gasteiger partial charge < -0.3 is 10.6 Å². The molecule has 18 heavy (non-hydrogen) atoms. The molecule has 3 N–H and O–H groups in total. The van der Waals surface area contributed by atoms with Crippen LogP contribution in [0.2, 0.25) is 0 Å². The Bertz CT molecular complexity index is 312. The molecule has 1 heterocycles. The van der Waals surface area contributed by atoms with Crippen LogP contribution in [0, 0.1) is 0 Å². The van der Waals surface area contributed by atoms with Crippen molar-refractivity contribution in [1.82, 2.24) is 20.9 Å². The first-order chi connectivity index (χ1) is 8.26. The number of carbonyl (C=O) groups excluding carboxylic acids is 2. The summed E-state index contributed by atoms with van der Waals surface area (Å²) in [4.78, 5) is 25.2. The van der Waals surface area contributed by atoms with E-state index in [4.69, 9.17) is 0 Å². The van der Waals surface area contributed by atoms with Gasteiger partial charge in [-0.05, 0) is 27.7 Å². The summed E-state index contributed by atoms with van der Waals surface area (Å²) in [6, 6.07) is -0.0503. The van der Waals surface area contributed by atoms with Crippen molar-refractivity contribution in [3.63, 3.8) is 0 Å². The summed E-state index contributed by atoms with van der Waals surface area (Å²) in [6.07, 6.45) is 0. The molecule has 0 unspecified atom stereocenters. The molecule has 0 saturated carbocycles. The van der Waals surface area contributed by atoms with Crippen molar-refractivity contribution in [2.75, 3.05) is 26.2 Å². The van der Waals surface area contributed by atoms with E-state index in [2.05, 4.69) is 22.9 Å². The Morgan fingerprint density at radius 3 is 2.61 bits per heavy atom. The van der Waals surface area contributed by atoms with Crippen LogP contribution in [0.25, 0.3) is 0 Å². The van der Waals surface area contributed by atoms with Crippen molar-refractivity contribution in [2.24, 2.45) is 0 Å². The smallest absolute Gasteiger partial charge is 0.321 e. The van der Waals surface area contributed by atoms with Crippen molar-refractivity contribution in [1.29, 1.82) is 0 Å².